The predicted octanol–water partition coefficient (Wildman–Crippen LogP) is 0.785. The first-order chi connectivity index (χ1) is 8.92. The van der Waals surface area contributed by atoms with Crippen molar-refractivity contribution in [1.29, 1.82) is 0 Å². The molecule has 4 rings (SSSR count). The number of aromatic amines is 1. The Hall–Kier alpha value is -1.82. The van der Waals surface area contributed by atoms with Gasteiger partial charge in [-0.15, -0.1) is 0 Å². The SMILES string of the molecule is c1n[nH]nc1-c1nc2c(c(C3CC3)n1)CNCC2. The highest BCUT2D eigenvalue weighted by Gasteiger charge is 2.31. The Morgan fingerprint density at radius 3 is 2.94 bits per heavy atom. The number of H-pyrrole nitrogens is 1. The van der Waals surface area contributed by atoms with Gasteiger partial charge >= 0.3 is 0 Å². The van der Waals surface area contributed by atoms with Gasteiger partial charge in [0.2, 0.25) is 0 Å². The smallest absolute Gasteiger partial charge is 0.182 e. The zero-order valence-corrected chi connectivity index (χ0v) is 9.98. The van der Waals surface area contributed by atoms with Crippen LogP contribution in [-0.2, 0) is 13.0 Å². The summed E-state index contributed by atoms with van der Waals surface area (Å²) in [6.07, 6.45) is 5.16. The van der Waals surface area contributed by atoms with Gasteiger partial charge < -0.3 is 5.32 Å². The topological polar surface area (TPSA) is 79.4 Å². The first kappa shape index (κ1) is 10.1. The summed E-state index contributed by atoms with van der Waals surface area (Å²) < 4.78 is 0. The van der Waals surface area contributed by atoms with Crippen molar-refractivity contribution in [2.45, 2.75) is 31.7 Å². The van der Waals surface area contributed by atoms with Crippen LogP contribution in [0.4, 0.5) is 0 Å². The largest absolute Gasteiger partial charge is 0.312 e. The van der Waals surface area contributed by atoms with Gasteiger partial charge in [0.05, 0.1) is 17.6 Å². The fourth-order valence-electron chi connectivity index (χ4n) is 2.49. The molecule has 1 aliphatic heterocycles. The minimum absolute atomic E-state index is 0.632. The zero-order valence-electron chi connectivity index (χ0n) is 9.98. The summed E-state index contributed by atoms with van der Waals surface area (Å²) in [7, 11) is 0. The van der Waals surface area contributed by atoms with Gasteiger partial charge in [0.1, 0.15) is 5.69 Å². The first-order valence-electron chi connectivity index (χ1n) is 6.38. The third kappa shape index (κ3) is 1.60. The molecule has 0 saturated heterocycles. The molecule has 0 atom stereocenters. The first-order valence-corrected chi connectivity index (χ1v) is 6.38. The van der Waals surface area contributed by atoms with Crippen LogP contribution in [0, 0.1) is 0 Å². The molecule has 1 fully saturated rings. The summed E-state index contributed by atoms with van der Waals surface area (Å²) in [5, 5.41) is 13.9. The molecule has 0 spiro atoms. The van der Waals surface area contributed by atoms with Crippen LogP contribution >= 0.6 is 0 Å². The highest BCUT2D eigenvalue weighted by atomic mass is 15.3. The molecule has 2 aromatic heterocycles. The quantitative estimate of drug-likeness (QED) is 0.813. The van der Waals surface area contributed by atoms with E-state index in [0.29, 0.717) is 11.7 Å². The van der Waals surface area contributed by atoms with Crippen molar-refractivity contribution in [3.8, 4) is 11.5 Å². The van der Waals surface area contributed by atoms with E-state index in [4.69, 9.17) is 4.98 Å². The standard InChI is InChI=1S/C12H14N6/c1-2-7(1)11-8-5-13-4-3-9(8)15-12(16-11)10-6-14-18-17-10/h6-7,13H,1-5H2,(H,14,17,18). The van der Waals surface area contributed by atoms with E-state index in [1.165, 1.54) is 29.8 Å². The summed E-state index contributed by atoms with van der Waals surface area (Å²) in [6, 6.07) is 0. The number of fused-ring (bicyclic) bond motifs is 1. The average molecular weight is 242 g/mol. The van der Waals surface area contributed by atoms with Gasteiger partial charge in [0.25, 0.3) is 0 Å². The monoisotopic (exact) mass is 242 g/mol. The molecule has 1 saturated carbocycles. The van der Waals surface area contributed by atoms with Gasteiger partial charge in [-0.2, -0.15) is 15.4 Å². The van der Waals surface area contributed by atoms with Crippen molar-refractivity contribution in [1.82, 2.24) is 30.7 Å². The molecule has 2 N–H and O–H groups in total. The van der Waals surface area contributed by atoms with Crippen LogP contribution < -0.4 is 5.32 Å². The zero-order chi connectivity index (χ0) is 11.9. The molecule has 0 unspecified atom stereocenters. The second-order valence-electron chi connectivity index (χ2n) is 4.91. The van der Waals surface area contributed by atoms with Crippen LogP contribution in [0.25, 0.3) is 11.5 Å². The van der Waals surface area contributed by atoms with Crippen molar-refractivity contribution in [3.63, 3.8) is 0 Å². The second-order valence-corrected chi connectivity index (χ2v) is 4.91. The average Bonchev–Trinajstić information content (AvgIpc) is 3.12. The van der Waals surface area contributed by atoms with E-state index in [-0.39, 0.29) is 0 Å². The third-order valence-corrected chi connectivity index (χ3v) is 3.57. The number of rotatable bonds is 2. The van der Waals surface area contributed by atoms with Gasteiger partial charge in [0, 0.05) is 31.0 Å². The minimum Gasteiger partial charge on any atom is -0.312 e. The van der Waals surface area contributed by atoms with Crippen LogP contribution in [0.15, 0.2) is 6.20 Å². The highest BCUT2D eigenvalue weighted by molar-refractivity contribution is 5.49. The van der Waals surface area contributed by atoms with E-state index in [1.54, 1.807) is 6.20 Å². The Morgan fingerprint density at radius 2 is 2.17 bits per heavy atom. The molecule has 6 heteroatoms. The lowest BCUT2D eigenvalue weighted by Crippen LogP contribution is -2.26. The second kappa shape index (κ2) is 3.84. The Bertz CT molecular complexity index is 573. The van der Waals surface area contributed by atoms with Gasteiger partial charge in [-0.25, -0.2) is 9.97 Å². The van der Waals surface area contributed by atoms with E-state index in [0.717, 1.165) is 25.2 Å². The van der Waals surface area contributed by atoms with Crippen LogP contribution in [0.1, 0.15) is 35.7 Å². The van der Waals surface area contributed by atoms with Crippen molar-refractivity contribution in [3.05, 3.63) is 23.1 Å². The fourth-order valence-corrected chi connectivity index (χ4v) is 2.49. The molecule has 2 aliphatic rings. The Balaban J connectivity index is 1.87. The summed E-state index contributed by atoms with van der Waals surface area (Å²) in [5.41, 5.74) is 4.46. The molecule has 18 heavy (non-hydrogen) atoms. The number of nitrogens with zero attached hydrogens (tertiary/aromatic N) is 4. The summed E-state index contributed by atoms with van der Waals surface area (Å²) >= 11 is 0. The van der Waals surface area contributed by atoms with Gasteiger partial charge in [-0.05, 0) is 12.8 Å². The molecule has 92 valence electrons. The van der Waals surface area contributed by atoms with Gasteiger partial charge in [-0.1, -0.05) is 0 Å². The lowest BCUT2D eigenvalue weighted by Gasteiger charge is -2.19. The van der Waals surface area contributed by atoms with Crippen molar-refractivity contribution in [2.24, 2.45) is 0 Å². The van der Waals surface area contributed by atoms with E-state index in [9.17, 15) is 0 Å². The van der Waals surface area contributed by atoms with Crippen molar-refractivity contribution >= 4 is 0 Å². The molecule has 3 heterocycles. The number of nitrogens with one attached hydrogen (secondary N) is 2. The summed E-state index contributed by atoms with van der Waals surface area (Å²) in [6.45, 7) is 1.90. The molecule has 6 nitrogen and oxygen atoms in total. The highest BCUT2D eigenvalue weighted by Crippen LogP contribution is 2.42. The van der Waals surface area contributed by atoms with Crippen LogP contribution in [0.3, 0.4) is 0 Å². The Morgan fingerprint density at radius 1 is 1.22 bits per heavy atom. The molecule has 1 aliphatic carbocycles. The molecular weight excluding hydrogens is 228 g/mol. The fraction of sp³-hybridized carbons (Fsp3) is 0.500. The van der Waals surface area contributed by atoms with Crippen LogP contribution in [0.5, 0.6) is 0 Å². The summed E-state index contributed by atoms with van der Waals surface area (Å²) in [4.78, 5) is 9.37. The van der Waals surface area contributed by atoms with E-state index >= 15 is 0 Å². The van der Waals surface area contributed by atoms with Gasteiger partial charge in [0.15, 0.2) is 5.82 Å². The lowest BCUT2D eigenvalue weighted by atomic mass is 10.0. The maximum absolute atomic E-state index is 4.72. The number of aromatic nitrogens is 5. The Labute approximate surface area is 104 Å². The van der Waals surface area contributed by atoms with E-state index in [1.807, 2.05) is 0 Å². The maximum atomic E-state index is 4.72. The number of hydrogen-bond acceptors (Lipinski definition) is 5. The normalized spacial score (nSPS) is 18.7. The molecule has 2 aromatic rings. The van der Waals surface area contributed by atoms with Crippen molar-refractivity contribution < 1.29 is 0 Å². The summed E-state index contributed by atoms with van der Waals surface area (Å²) in [5.74, 6) is 1.35. The van der Waals surface area contributed by atoms with Gasteiger partial charge in [-0.3, -0.25) is 0 Å². The molecule has 0 radical (unpaired) electrons. The minimum atomic E-state index is 0.632. The molecule has 0 amide bonds. The van der Waals surface area contributed by atoms with E-state index in [2.05, 4.69) is 25.7 Å². The maximum Gasteiger partial charge on any atom is 0.182 e. The lowest BCUT2D eigenvalue weighted by molar-refractivity contribution is 0.617. The third-order valence-electron chi connectivity index (χ3n) is 3.57. The molecule has 0 bridgehead atoms. The number of hydrogen-bond donors (Lipinski definition) is 2. The van der Waals surface area contributed by atoms with Crippen LogP contribution in [-0.4, -0.2) is 31.9 Å². The predicted molar refractivity (Wildman–Crippen MR) is 64.8 cm³/mol. The molecular formula is C12H14N6. The van der Waals surface area contributed by atoms with Crippen molar-refractivity contribution in [2.75, 3.05) is 6.54 Å². The molecule has 0 aromatic carbocycles. The van der Waals surface area contributed by atoms with E-state index < -0.39 is 0 Å². The van der Waals surface area contributed by atoms with Crippen LogP contribution in [0.2, 0.25) is 0 Å². The Kier molecular flexibility index (Phi) is 2.16.